The van der Waals surface area contributed by atoms with Gasteiger partial charge in [-0.25, -0.2) is 0 Å². The Balaban J connectivity index is 1.72. The monoisotopic (exact) mass is 412 g/mol. The minimum atomic E-state index is -2.86. The highest BCUT2D eigenvalue weighted by atomic mass is 79.9. The fraction of sp³-hybridized carbons (Fsp3) is 0.125. The Bertz CT molecular complexity index is 829. The maximum Gasteiger partial charge on any atom is 0.387 e. The number of halogens is 3. The summed E-state index contributed by atoms with van der Waals surface area (Å²) in [6, 6.07) is 14.1. The number of benzene rings is 2. The van der Waals surface area contributed by atoms with E-state index < -0.39 is 6.61 Å². The highest BCUT2D eigenvalue weighted by Gasteiger charge is 2.14. The van der Waals surface area contributed by atoms with E-state index in [-0.39, 0.29) is 5.75 Å². The Morgan fingerprint density at radius 2 is 1.83 bits per heavy atom. The molecule has 0 aliphatic carbocycles. The molecule has 0 saturated heterocycles. The molecule has 0 spiro atoms. The van der Waals surface area contributed by atoms with Crippen LogP contribution in [0, 0.1) is 0 Å². The van der Waals surface area contributed by atoms with Crippen molar-refractivity contribution in [2.45, 2.75) is 17.6 Å². The van der Waals surface area contributed by atoms with Crippen molar-refractivity contribution in [3.05, 3.63) is 58.6 Å². The minimum Gasteiger partial charge on any atom is -0.435 e. The first kappa shape index (κ1) is 16.9. The van der Waals surface area contributed by atoms with Crippen molar-refractivity contribution in [1.82, 2.24) is 10.2 Å². The number of ether oxygens (including phenoxy) is 1. The fourth-order valence-electron chi connectivity index (χ4n) is 1.99. The topological polar surface area (TPSA) is 48.2 Å². The molecule has 3 rings (SSSR count). The van der Waals surface area contributed by atoms with Crippen molar-refractivity contribution < 1.29 is 17.9 Å². The molecule has 0 saturated carbocycles. The second kappa shape index (κ2) is 7.76. The van der Waals surface area contributed by atoms with Crippen LogP contribution in [0.1, 0.15) is 5.56 Å². The van der Waals surface area contributed by atoms with Crippen LogP contribution in [0.5, 0.6) is 5.75 Å². The Morgan fingerprint density at radius 3 is 2.62 bits per heavy atom. The summed E-state index contributed by atoms with van der Waals surface area (Å²) in [7, 11) is 0. The van der Waals surface area contributed by atoms with Crippen LogP contribution in [-0.2, 0) is 5.75 Å². The van der Waals surface area contributed by atoms with E-state index >= 15 is 0 Å². The standard InChI is InChI=1S/C16H11BrF2N2O2S/c17-12-7-3-2-6-11(12)14-20-21-16(23-14)24-9-10-5-1-4-8-13(10)22-15(18)19/h1-8,15H,9H2. The third-order valence-corrected chi connectivity index (χ3v) is 4.61. The van der Waals surface area contributed by atoms with Crippen LogP contribution >= 0.6 is 27.7 Å². The zero-order valence-electron chi connectivity index (χ0n) is 12.2. The number of rotatable bonds is 6. The highest BCUT2D eigenvalue weighted by molar-refractivity contribution is 9.10. The highest BCUT2D eigenvalue weighted by Crippen LogP contribution is 2.32. The maximum absolute atomic E-state index is 12.4. The van der Waals surface area contributed by atoms with Gasteiger partial charge in [-0.15, -0.1) is 10.2 Å². The van der Waals surface area contributed by atoms with Gasteiger partial charge in [-0.3, -0.25) is 0 Å². The molecule has 0 atom stereocenters. The summed E-state index contributed by atoms with van der Waals surface area (Å²) in [5.74, 6) is 0.910. The lowest BCUT2D eigenvalue weighted by molar-refractivity contribution is -0.0503. The van der Waals surface area contributed by atoms with E-state index in [9.17, 15) is 8.78 Å². The SMILES string of the molecule is FC(F)Oc1ccccc1CSc1nnc(-c2ccccc2Br)o1. The number of para-hydroxylation sites is 1. The Kier molecular flexibility index (Phi) is 5.47. The summed E-state index contributed by atoms with van der Waals surface area (Å²) in [4.78, 5) is 0. The lowest BCUT2D eigenvalue weighted by Gasteiger charge is -2.09. The van der Waals surface area contributed by atoms with E-state index in [0.29, 0.717) is 22.4 Å². The molecule has 0 fully saturated rings. The van der Waals surface area contributed by atoms with Gasteiger partial charge in [-0.05, 0) is 34.1 Å². The summed E-state index contributed by atoms with van der Waals surface area (Å²) in [5, 5.41) is 8.34. The molecule has 0 bridgehead atoms. The van der Waals surface area contributed by atoms with Crippen molar-refractivity contribution in [2.75, 3.05) is 0 Å². The van der Waals surface area contributed by atoms with Gasteiger partial charge in [0.25, 0.3) is 5.22 Å². The van der Waals surface area contributed by atoms with Crippen LogP contribution in [0.4, 0.5) is 8.78 Å². The average molecular weight is 413 g/mol. The third kappa shape index (κ3) is 4.12. The predicted molar refractivity (Wildman–Crippen MR) is 90.1 cm³/mol. The van der Waals surface area contributed by atoms with Gasteiger partial charge in [0.1, 0.15) is 5.75 Å². The summed E-state index contributed by atoms with van der Waals surface area (Å²) in [6.45, 7) is -2.86. The van der Waals surface area contributed by atoms with Crippen LogP contribution in [0.2, 0.25) is 0 Å². The van der Waals surface area contributed by atoms with Gasteiger partial charge in [0.2, 0.25) is 5.89 Å². The zero-order valence-corrected chi connectivity index (χ0v) is 14.6. The number of hydrogen-bond donors (Lipinski definition) is 0. The average Bonchev–Trinajstić information content (AvgIpc) is 3.03. The van der Waals surface area contributed by atoms with Gasteiger partial charge < -0.3 is 9.15 Å². The minimum absolute atomic E-state index is 0.144. The summed E-state index contributed by atoms with van der Waals surface area (Å²) in [6.07, 6.45) is 0. The van der Waals surface area contributed by atoms with Crippen LogP contribution in [-0.4, -0.2) is 16.8 Å². The van der Waals surface area contributed by atoms with Gasteiger partial charge >= 0.3 is 6.61 Å². The second-order valence-corrected chi connectivity index (χ2v) is 6.41. The van der Waals surface area contributed by atoms with Crippen LogP contribution in [0.15, 0.2) is 62.6 Å². The molecule has 8 heteroatoms. The molecule has 2 aromatic carbocycles. The number of thioether (sulfide) groups is 1. The molecule has 124 valence electrons. The molecule has 0 N–H and O–H groups in total. The molecule has 0 unspecified atom stereocenters. The lowest BCUT2D eigenvalue weighted by Crippen LogP contribution is -2.03. The van der Waals surface area contributed by atoms with E-state index in [1.165, 1.54) is 17.8 Å². The van der Waals surface area contributed by atoms with Gasteiger partial charge in [-0.2, -0.15) is 8.78 Å². The maximum atomic E-state index is 12.4. The number of nitrogens with zero attached hydrogens (tertiary/aromatic N) is 2. The van der Waals surface area contributed by atoms with Crippen molar-refractivity contribution in [1.29, 1.82) is 0 Å². The molecule has 24 heavy (non-hydrogen) atoms. The molecule has 0 amide bonds. The van der Waals surface area contributed by atoms with Crippen molar-refractivity contribution in [3.63, 3.8) is 0 Å². The van der Waals surface area contributed by atoms with E-state index in [0.717, 1.165) is 10.0 Å². The van der Waals surface area contributed by atoms with Crippen molar-refractivity contribution >= 4 is 27.7 Å². The summed E-state index contributed by atoms with van der Waals surface area (Å²) in [5.41, 5.74) is 1.42. The Labute approximate surface area is 149 Å². The van der Waals surface area contributed by atoms with E-state index in [4.69, 9.17) is 4.42 Å². The van der Waals surface area contributed by atoms with E-state index in [1.807, 2.05) is 24.3 Å². The number of hydrogen-bond acceptors (Lipinski definition) is 5. The molecule has 0 radical (unpaired) electrons. The Morgan fingerprint density at radius 1 is 1.08 bits per heavy atom. The quantitative estimate of drug-likeness (QED) is 0.507. The lowest BCUT2D eigenvalue weighted by atomic mass is 10.2. The molecular formula is C16H11BrF2N2O2S. The van der Waals surface area contributed by atoms with Crippen LogP contribution in [0.3, 0.4) is 0 Å². The first-order valence-electron chi connectivity index (χ1n) is 6.87. The molecule has 1 heterocycles. The van der Waals surface area contributed by atoms with Crippen LogP contribution in [0.25, 0.3) is 11.5 Å². The van der Waals surface area contributed by atoms with Crippen molar-refractivity contribution in [2.24, 2.45) is 0 Å². The first-order valence-corrected chi connectivity index (χ1v) is 8.65. The summed E-state index contributed by atoms with van der Waals surface area (Å²) >= 11 is 4.68. The third-order valence-electron chi connectivity index (χ3n) is 3.05. The second-order valence-electron chi connectivity index (χ2n) is 4.63. The molecule has 3 aromatic rings. The molecule has 0 aliphatic rings. The number of alkyl halides is 2. The normalized spacial score (nSPS) is 11.0. The molecular weight excluding hydrogens is 402 g/mol. The van der Waals surface area contributed by atoms with E-state index in [2.05, 4.69) is 30.9 Å². The Hall–Kier alpha value is -1.93. The van der Waals surface area contributed by atoms with E-state index in [1.54, 1.807) is 18.2 Å². The summed E-state index contributed by atoms with van der Waals surface area (Å²) < 4.78 is 35.8. The van der Waals surface area contributed by atoms with Gasteiger partial charge in [0, 0.05) is 15.8 Å². The first-order chi connectivity index (χ1) is 11.6. The van der Waals surface area contributed by atoms with Gasteiger partial charge in [-0.1, -0.05) is 42.1 Å². The molecule has 4 nitrogen and oxygen atoms in total. The fourth-order valence-corrected chi connectivity index (χ4v) is 3.19. The predicted octanol–water partition coefficient (Wildman–Crippen LogP) is 5.39. The largest absolute Gasteiger partial charge is 0.435 e. The van der Waals surface area contributed by atoms with Gasteiger partial charge in [0.05, 0.1) is 5.56 Å². The van der Waals surface area contributed by atoms with Crippen LogP contribution < -0.4 is 4.74 Å². The van der Waals surface area contributed by atoms with Crippen molar-refractivity contribution in [3.8, 4) is 17.2 Å². The smallest absolute Gasteiger partial charge is 0.387 e. The number of aromatic nitrogens is 2. The molecule has 0 aliphatic heterocycles. The van der Waals surface area contributed by atoms with Gasteiger partial charge in [0.15, 0.2) is 0 Å². The zero-order chi connectivity index (χ0) is 16.9. The molecule has 1 aromatic heterocycles.